The lowest BCUT2D eigenvalue weighted by atomic mass is 10.1. The maximum Gasteiger partial charge on any atom is 0.412 e. The van der Waals surface area contributed by atoms with Crippen LogP contribution in [0.5, 0.6) is 5.75 Å². The zero-order valence-corrected chi connectivity index (χ0v) is 12.9. The highest BCUT2D eigenvalue weighted by atomic mass is 19.1. The minimum Gasteiger partial charge on any atom is -0.492 e. The number of aromatic carboxylic acids is 1. The van der Waals surface area contributed by atoms with Crippen molar-refractivity contribution in [1.29, 1.82) is 0 Å². The fraction of sp³-hybridized carbons (Fsp3) is 0.176. The Balaban J connectivity index is 2.19. The molecule has 0 heterocycles. The van der Waals surface area contributed by atoms with Gasteiger partial charge in [0.2, 0.25) is 0 Å². The molecule has 6 nitrogen and oxygen atoms in total. The number of hydrogen-bond donors (Lipinski definition) is 2. The Labute approximate surface area is 137 Å². The summed E-state index contributed by atoms with van der Waals surface area (Å²) in [7, 11) is 0. The number of halogens is 1. The van der Waals surface area contributed by atoms with E-state index in [-0.39, 0.29) is 24.7 Å². The highest BCUT2D eigenvalue weighted by Gasteiger charge is 2.22. The van der Waals surface area contributed by atoms with E-state index >= 15 is 0 Å². The molecule has 0 spiro atoms. The number of ether oxygens (including phenoxy) is 2. The molecule has 7 heteroatoms. The molecule has 0 aliphatic carbocycles. The number of nitrogens with one attached hydrogen (secondary N) is 1. The average molecular weight is 333 g/mol. The molecule has 2 aromatic carbocycles. The maximum absolute atomic E-state index is 13.8. The molecule has 24 heavy (non-hydrogen) atoms. The highest BCUT2D eigenvalue weighted by Crippen LogP contribution is 2.31. The topological polar surface area (TPSA) is 84.9 Å². The second-order valence-corrected chi connectivity index (χ2v) is 4.72. The lowest BCUT2D eigenvalue weighted by Crippen LogP contribution is -2.18. The SMILES string of the molecule is CCOc1ccc(F)c(C(=O)O)c1NC(=O)OCc1ccccc1. The van der Waals surface area contributed by atoms with Crippen molar-refractivity contribution in [3.05, 3.63) is 59.4 Å². The Bertz CT molecular complexity index is 733. The van der Waals surface area contributed by atoms with Gasteiger partial charge < -0.3 is 14.6 Å². The van der Waals surface area contributed by atoms with Gasteiger partial charge in [0.15, 0.2) is 0 Å². The van der Waals surface area contributed by atoms with Crippen LogP contribution in [-0.2, 0) is 11.3 Å². The zero-order chi connectivity index (χ0) is 17.5. The predicted octanol–water partition coefficient (Wildman–Crippen LogP) is 3.67. The third-order valence-corrected chi connectivity index (χ3v) is 3.07. The molecule has 0 fully saturated rings. The van der Waals surface area contributed by atoms with Crippen LogP contribution in [0.4, 0.5) is 14.9 Å². The van der Waals surface area contributed by atoms with E-state index in [0.29, 0.717) is 0 Å². The zero-order valence-electron chi connectivity index (χ0n) is 12.9. The first-order valence-electron chi connectivity index (χ1n) is 7.19. The van der Waals surface area contributed by atoms with Gasteiger partial charge in [-0.1, -0.05) is 30.3 Å². The monoisotopic (exact) mass is 333 g/mol. The molecule has 1 amide bonds. The minimum atomic E-state index is -1.52. The number of anilines is 1. The molecule has 0 atom stereocenters. The molecule has 2 N–H and O–H groups in total. The molecule has 0 aliphatic rings. The highest BCUT2D eigenvalue weighted by molar-refractivity contribution is 6.01. The van der Waals surface area contributed by atoms with Crippen LogP contribution in [0.15, 0.2) is 42.5 Å². The first kappa shape index (κ1) is 17.3. The van der Waals surface area contributed by atoms with E-state index in [1.807, 2.05) is 6.07 Å². The molecule has 0 aromatic heterocycles. The van der Waals surface area contributed by atoms with Gasteiger partial charge in [0.1, 0.15) is 29.4 Å². The minimum absolute atomic E-state index is 0.00559. The van der Waals surface area contributed by atoms with E-state index in [1.54, 1.807) is 31.2 Å². The quantitative estimate of drug-likeness (QED) is 0.842. The average Bonchev–Trinajstić information content (AvgIpc) is 2.56. The largest absolute Gasteiger partial charge is 0.492 e. The van der Waals surface area contributed by atoms with Crippen LogP contribution < -0.4 is 10.1 Å². The van der Waals surface area contributed by atoms with Crippen molar-refractivity contribution in [2.24, 2.45) is 0 Å². The van der Waals surface area contributed by atoms with E-state index in [4.69, 9.17) is 9.47 Å². The summed E-state index contributed by atoms with van der Waals surface area (Å²) in [4.78, 5) is 23.2. The lowest BCUT2D eigenvalue weighted by Gasteiger charge is -2.14. The third-order valence-electron chi connectivity index (χ3n) is 3.07. The van der Waals surface area contributed by atoms with Crippen molar-refractivity contribution in [3.8, 4) is 5.75 Å². The van der Waals surface area contributed by atoms with E-state index < -0.39 is 23.4 Å². The van der Waals surface area contributed by atoms with Crippen LogP contribution in [0.1, 0.15) is 22.8 Å². The number of carbonyl (C=O) groups excluding carboxylic acids is 1. The van der Waals surface area contributed by atoms with E-state index in [2.05, 4.69) is 5.32 Å². The Morgan fingerprint density at radius 2 is 1.88 bits per heavy atom. The molecule has 0 unspecified atom stereocenters. The van der Waals surface area contributed by atoms with Crippen molar-refractivity contribution in [1.82, 2.24) is 0 Å². The van der Waals surface area contributed by atoms with Crippen molar-refractivity contribution in [2.45, 2.75) is 13.5 Å². The number of carboxylic acid groups (broad SMARTS) is 1. The molecule has 0 saturated carbocycles. The lowest BCUT2D eigenvalue weighted by molar-refractivity contribution is 0.0692. The molecule has 126 valence electrons. The van der Waals surface area contributed by atoms with Crippen LogP contribution >= 0.6 is 0 Å². The van der Waals surface area contributed by atoms with Gasteiger partial charge in [0.25, 0.3) is 0 Å². The van der Waals surface area contributed by atoms with Gasteiger partial charge in [-0.25, -0.2) is 14.0 Å². The van der Waals surface area contributed by atoms with Crippen LogP contribution in [0.25, 0.3) is 0 Å². The van der Waals surface area contributed by atoms with E-state index in [1.165, 1.54) is 6.07 Å². The number of carboxylic acids is 1. The van der Waals surface area contributed by atoms with Gasteiger partial charge in [-0.3, -0.25) is 5.32 Å². The predicted molar refractivity (Wildman–Crippen MR) is 84.8 cm³/mol. The van der Waals surface area contributed by atoms with Crippen molar-refractivity contribution < 1.29 is 28.6 Å². The maximum atomic E-state index is 13.8. The molecule has 0 radical (unpaired) electrons. The Morgan fingerprint density at radius 1 is 1.17 bits per heavy atom. The third kappa shape index (κ3) is 4.22. The molecule has 2 rings (SSSR count). The molecule has 0 bridgehead atoms. The van der Waals surface area contributed by atoms with Gasteiger partial charge in [0.05, 0.1) is 6.61 Å². The summed E-state index contributed by atoms with van der Waals surface area (Å²) >= 11 is 0. The van der Waals surface area contributed by atoms with Crippen molar-refractivity contribution >= 4 is 17.7 Å². The summed E-state index contributed by atoms with van der Waals surface area (Å²) in [5, 5.41) is 11.4. The van der Waals surface area contributed by atoms with Crippen LogP contribution in [0.3, 0.4) is 0 Å². The van der Waals surface area contributed by atoms with Crippen molar-refractivity contribution in [2.75, 3.05) is 11.9 Å². The second kappa shape index (κ2) is 7.96. The van der Waals surface area contributed by atoms with E-state index in [0.717, 1.165) is 11.6 Å². The fourth-order valence-electron chi connectivity index (χ4n) is 2.03. The van der Waals surface area contributed by atoms with Crippen LogP contribution in [-0.4, -0.2) is 23.8 Å². The van der Waals surface area contributed by atoms with Gasteiger partial charge >= 0.3 is 12.1 Å². The van der Waals surface area contributed by atoms with Crippen LogP contribution in [0.2, 0.25) is 0 Å². The summed E-state index contributed by atoms with van der Waals surface area (Å²) in [5.74, 6) is -2.45. The number of rotatable bonds is 6. The van der Waals surface area contributed by atoms with Crippen LogP contribution in [0, 0.1) is 5.82 Å². The summed E-state index contributed by atoms with van der Waals surface area (Å²) < 4.78 is 24.1. The number of amides is 1. The number of carbonyl (C=O) groups is 2. The van der Waals surface area contributed by atoms with Gasteiger partial charge in [-0.15, -0.1) is 0 Å². The molecule has 0 aliphatic heterocycles. The summed E-state index contributed by atoms with van der Waals surface area (Å²) in [6, 6.07) is 11.2. The van der Waals surface area contributed by atoms with E-state index in [9.17, 15) is 19.1 Å². The number of hydrogen-bond acceptors (Lipinski definition) is 4. The van der Waals surface area contributed by atoms with Gasteiger partial charge in [0, 0.05) is 0 Å². The number of benzene rings is 2. The Hall–Kier alpha value is -3.09. The molecule has 2 aromatic rings. The van der Waals surface area contributed by atoms with Gasteiger partial charge in [-0.2, -0.15) is 0 Å². The summed E-state index contributed by atoms with van der Waals surface area (Å²) in [6.07, 6.45) is -0.909. The summed E-state index contributed by atoms with van der Waals surface area (Å²) in [5.41, 5.74) is -0.199. The van der Waals surface area contributed by atoms with Crippen molar-refractivity contribution in [3.63, 3.8) is 0 Å². The first-order valence-corrected chi connectivity index (χ1v) is 7.19. The summed E-state index contributed by atoms with van der Waals surface area (Å²) in [6.45, 7) is 1.90. The first-order chi connectivity index (χ1) is 11.5. The van der Waals surface area contributed by atoms with Gasteiger partial charge in [-0.05, 0) is 24.6 Å². The normalized spacial score (nSPS) is 10.1. The smallest absolute Gasteiger partial charge is 0.412 e. The Kier molecular flexibility index (Phi) is 5.73. The molecular weight excluding hydrogens is 317 g/mol. The fourth-order valence-corrected chi connectivity index (χ4v) is 2.03. The standard InChI is InChI=1S/C17H16FNO5/c1-2-23-13-9-8-12(18)14(16(20)21)15(13)19-17(22)24-10-11-6-4-3-5-7-11/h3-9H,2,10H2,1H3,(H,19,22)(H,20,21). The molecule has 0 saturated heterocycles. The Morgan fingerprint density at radius 3 is 2.50 bits per heavy atom. The molecular formula is C17H16FNO5. The second-order valence-electron chi connectivity index (χ2n) is 4.72.